The molecule has 1 saturated heterocycles. The van der Waals surface area contributed by atoms with Crippen molar-refractivity contribution in [1.82, 2.24) is 19.9 Å². The van der Waals surface area contributed by atoms with Crippen LogP contribution in [0.15, 0.2) is 24.7 Å². The highest BCUT2D eigenvalue weighted by atomic mass is 19.4. The SMILES string of the molecule is CC(C)(C)[C@@]1(CNc2cc(Nc3cnc(C#N)cn3)ncc2C(F)(F)F)CN(C(=O)O)CCO1. The van der Waals surface area contributed by atoms with Crippen LogP contribution < -0.4 is 10.6 Å². The number of carbonyl (C=O) groups is 1. The molecule has 0 aliphatic carbocycles. The van der Waals surface area contributed by atoms with Gasteiger partial charge in [0, 0.05) is 25.4 Å². The first kappa shape index (κ1) is 25.0. The van der Waals surface area contributed by atoms with Gasteiger partial charge in [-0.2, -0.15) is 18.4 Å². The van der Waals surface area contributed by atoms with Crippen LogP contribution in [-0.4, -0.2) is 62.9 Å². The highest BCUT2D eigenvalue weighted by Crippen LogP contribution is 2.39. The van der Waals surface area contributed by atoms with Gasteiger partial charge < -0.3 is 25.4 Å². The molecule has 1 atom stereocenters. The number of pyridine rings is 1. The highest BCUT2D eigenvalue weighted by molar-refractivity contribution is 5.65. The van der Waals surface area contributed by atoms with Crippen molar-refractivity contribution in [2.24, 2.45) is 5.41 Å². The van der Waals surface area contributed by atoms with Crippen molar-refractivity contribution in [1.29, 1.82) is 5.26 Å². The Morgan fingerprint density at radius 1 is 1.24 bits per heavy atom. The van der Waals surface area contributed by atoms with Gasteiger partial charge >= 0.3 is 12.3 Å². The van der Waals surface area contributed by atoms with Crippen LogP contribution in [0.4, 0.5) is 35.3 Å². The molecular weight excluding hydrogens is 455 g/mol. The van der Waals surface area contributed by atoms with E-state index in [1.54, 1.807) is 0 Å². The van der Waals surface area contributed by atoms with Crippen LogP contribution in [0.1, 0.15) is 32.0 Å². The van der Waals surface area contributed by atoms with E-state index in [1.165, 1.54) is 23.4 Å². The number of nitrogens with zero attached hydrogens (tertiary/aromatic N) is 5. The predicted octanol–water partition coefficient (Wildman–Crippen LogP) is 3.71. The molecule has 0 bridgehead atoms. The highest BCUT2D eigenvalue weighted by Gasteiger charge is 2.48. The predicted molar refractivity (Wildman–Crippen MR) is 115 cm³/mol. The van der Waals surface area contributed by atoms with E-state index in [0.29, 0.717) is 6.20 Å². The van der Waals surface area contributed by atoms with Crippen molar-refractivity contribution in [2.45, 2.75) is 32.5 Å². The molecule has 1 aliphatic heterocycles. The quantitative estimate of drug-likeness (QED) is 0.586. The van der Waals surface area contributed by atoms with Crippen LogP contribution in [-0.2, 0) is 10.9 Å². The Morgan fingerprint density at radius 3 is 2.50 bits per heavy atom. The first-order chi connectivity index (χ1) is 15.8. The topological polar surface area (TPSA) is 136 Å². The second-order valence-electron chi connectivity index (χ2n) is 8.79. The third-order valence-corrected chi connectivity index (χ3v) is 5.62. The number of alkyl halides is 3. The van der Waals surface area contributed by atoms with E-state index in [9.17, 15) is 23.1 Å². The summed E-state index contributed by atoms with van der Waals surface area (Å²) in [6.45, 7) is 5.74. The molecule has 13 heteroatoms. The number of amides is 1. The summed E-state index contributed by atoms with van der Waals surface area (Å²) in [6.07, 6.45) is -2.63. The molecule has 10 nitrogen and oxygen atoms in total. The fraction of sp³-hybridized carbons (Fsp3) is 0.476. The van der Waals surface area contributed by atoms with Gasteiger partial charge in [0.05, 0.1) is 36.8 Å². The summed E-state index contributed by atoms with van der Waals surface area (Å²) in [4.78, 5) is 24.4. The molecule has 0 saturated carbocycles. The molecule has 2 aromatic rings. The molecular formula is C21H24F3N7O3. The minimum Gasteiger partial charge on any atom is -0.465 e. The van der Waals surface area contributed by atoms with Gasteiger partial charge in [0.2, 0.25) is 0 Å². The summed E-state index contributed by atoms with van der Waals surface area (Å²) < 4.78 is 47.0. The Balaban J connectivity index is 1.90. The van der Waals surface area contributed by atoms with Gasteiger partial charge in [0.1, 0.15) is 23.3 Å². The number of aromatic nitrogens is 3. The lowest BCUT2D eigenvalue weighted by atomic mass is 9.75. The van der Waals surface area contributed by atoms with Crippen molar-refractivity contribution in [3.05, 3.63) is 35.9 Å². The average molecular weight is 479 g/mol. The van der Waals surface area contributed by atoms with E-state index in [1.807, 2.05) is 26.8 Å². The molecule has 1 aliphatic rings. The van der Waals surface area contributed by atoms with Crippen LogP contribution in [0.3, 0.4) is 0 Å². The van der Waals surface area contributed by atoms with Gasteiger partial charge in [-0.3, -0.25) is 0 Å². The van der Waals surface area contributed by atoms with Gasteiger partial charge in [-0.1, -0.05) is 20.8 Å². The van der Waals surface area contributed by atoms with Crippen molar-refractivity contribution >= 4 is 23.4 Å². The molecule has 182 valence electrons. The molecule has 3 heterocycles. The van der Waals surface area contributed by atoms with Gasteiger partial charge in [0.25, 0.3) is 0 Å². The lowest BCUT2D eigenvalue weighted by Gasteiger charge is -2.49. The smallest absolute Gasteiger partial charge is 0.419 e. The third kappa shape index (κ3) is 5.45. The number of hydrogen-bond acceptors (Lipinski definition) is 8. The van der Waals surface area contributed by atoms with E-state index in [-0.39, 0.29) is 49.3 Å². The summed E-state index contributed by atoms with van der Waals surface area (Å²) >= 11 is 0. The average Bonchev–Trinajstić information content (AvgIpc) is 2.77. The summed E-state index contributed by atoms with van der Waals surface area (Å²) in [5.74, 6) is 0.257. The van der Waals surface area contributed by atoms with Gasteiger partial charge in [0.15, 0.2) is 5.69 Å². The minimum atomic E-state index is -4.68. The van der Waals surface area contributed by atoms with Crippen LogP contribution in [0.2, 0.25) is 0 Å². The molecule has 1 amide bonds. The molecule has 3 rings (SSSR count). The van der Waals surface area contributed by atoms with Crippen molar-refractivity contribution in [3.63, 3.8) is 0 Å². The molecule has 1 fully saturated rings. The number of carboxylic acid groups (broad SMARTS) is 1. The summed E-state index contributed by atoms with van der Waals surface area (Å²) in [6, 6.07) is 3.00. The van der Waals surface area contributed by atoms with E-state index < -0.39 is 28.8 Å². The maximum absolute atomic E-state index is 13.7. The van der Waals surface area contributed by atoms with E-state index in [2.05, 4.69) is 25.6 Å². The Kier molecular flexibility index (Phi) is 6.83. The Bertz CT molecular complexity index is 1080. The standard InChI is InChI=1S/C21H24F3N7O3/c1-19(2,3)20(12-31(18(32)33)4-5-34-20)11-29-15-6-16(28-9-14(15)21(22,23)24)30-17-10-26-13(7-25)8-27-17/h6,8-10H,4-5,11-12H2,1-3H3,(H,32,33)(H2,27,28,29,30)/t20-/m1/s1. The molecule has 0 unspecified atom stereocenters. The van der Waals surface area contributed by atoms with Crippen LogP contribution in [0.5, 0.6) is 0 Å². The molecule has 3 N–H and O–H groups in total. The Hall–Kier alpha value is -3.66. The monoisotopic (exact) mass is 479 g/mol. The number of ether oxygens (including phenoxy) is 1. The number of nitrogens with one attached hydrogen (secondary N) is 2. The van der Waals surface area contributed by atoms with Crippen LogP contribution in [0, 0.1) is 16.7 Å². The fourth-order valence-corrected chi connectivity index (χ4v) is 3.49. The summed E-state index contributed by atoms with van der Waals surface area (Å²) in [7, 11) is 0. The second kappa shape index (κ2) is 9.30. The van der Waals surface area contributed by atoms with Gasteiger partial charge in [-0.25, -0.2) is 19.7 Å². The first-order valence-corrected chi connectivity index (χ1v) is 10.3. The maximum Gasteiger partial charge on any atom is 0.419 e. The number of anilines is 3. The number of nitriles is 1. The number of halogens is 3. The lowest BCUT2D eigenvalue weighted by Crippen LogP contribution is -2.62. The lowest BCUT2D eigenvalue weighted by molar-refractivity contribution is -0.150. The molecule has 0 radical (unpaired) electrons. The minimum absolute atomic E-state index is 0.00277. The largest absolute Gasteiger partial charge is 0.465 e. The van der Waals surface area contributed by atoms with E-state index >= 15 is 0 Å². The van der Waals surface area contributed by atoms with Gasteiger partial charge in [-0.05, 0) is 5.41 Å². The van der Waals surface area contributed by atoms with Crippen LogP contribution in [0.25, 0.3) is 0 Å². The summed E-state index contributed by atoms with van der Waals surface area (Å²) in [5, 5.41) is 23.8. The van der Waals surface area contributed by atoms with E-state index in [0.717, 1.165) is 0 Å². The Labute approximate surface area is 193 Å². The first-order valence-electron chi connectivity index (χ1n) is 10.3. The maximum atomic E-state index is 13.7. The fourth-order valence-electron chi connectivity index (χ4n) is 3.49. The van der Waals surface area contributed by atoms with Crippen molar-refractivity contribution in [2.75, 3.05) is 36.9 Å². The van der Waals surface area contributed by atoms with Crippen molar-refractivity contribution in [3.8, 4) is 6.07 Å². The number of morpholine rings is 1. The third-order valence-electron chi connectivity index (χ3n) is 5.62. The van der Waals surface area contributed by atoms with Gasteiger partial charge in [-0.15, -0.1) is 0 Å². The van der Waals surface area contributed by atoms with Crippen molar-refractivity contribution < 1.29 is 27.8 Å². The Morgan fingerprint density at radius 2 is 1.94 bits per heavy atom. The zero-order valence-corrected chi connectivity index (χ0v) is 18.8. The summed E-state index contributed by atoms with van der Waals surface area (Å²) in [5.41, 5.74) is -2.84. The molecule has 2 aromatic heterocycles. The van der Waals surface area contributed by atoms with Crippen LogP contribution >= 0.6 is 0 Å². The molecule has 0 spiro atoms. The number of hydrogen-bond donors (Lipinski definition) is 3. The molecule has 34 heavy (non-hydrogen) atoms. The zero-order valence-electron chi connectivity index (χ0n) is 18.8. The zero-order chi connectivity index (χ0) is 25.1. The normalized spacial score (nSPS) is 18.8. The second-order valence-corrected chi connectivity index (χ2v) is 8.79. The number of rotatable bonds is 5. The van der Waals surface area contributed by atoms with E-state index in [4.69, 9.17) is 10.00 Å². The molecule has 0 aromatic carbocycles.